The molecule has 0 aromatic carbocycles. The first kappa shape index (κ1) is 33.5. The lowest BCUT2D eigenvalue weighted by molar-refractivity contribution is -0.301. The zero-order valence-corrected chi connectivity index (χ0v) is 20.7. The molecule has 1 fully saturated rings. The van der Waals surface area contributed by atoms with Gasteiger partial charge in [0.25, 0.3) is 0 Å². The normalized spacial score (nSPS) is 23.7. The van der Waals surface area contributed by atoms with Crippen LogP contribution in [-0.2, 0) is 28.7 Å². The molecular formula is C21H37N3O14. The van der Waals surface area contributed by atoms with Crippen LogP contribution in [0.2, 0.25) is 0 Å². The molecule has 0 aromatic heterocycles. The lowest BCUT2D eigenvalue weighted by atomic mass is 9.99. The molecule has 17 heteroatoms. The van der Waals surface area contributed by atoms with Gasteiger partial charge in [0.1, 0.15) is 24.4 Å². The molecule has 0 unspecified atom stereocenters. The first-order chi connectivity index (χ1) is 17.8. The number of aliphatic hydroxyl groups excluding tert-OH is 4. The summed E-state index contributed by atoms with van der Waals surface area (Å²) in [5.41, 5.74) is 0. The smallest absolute Gasteiger partial charge is 0.317 e. The standard InChI is InChI=1S/C21H37N3O14/c25-12-13-18(34)19(35)20(36)21(38-13)37-7-6-22(4-5-24(10-16(30)31)11-17(32)33)2-1-3-23(8-14(26)27)9-15(28)29/h13,18-21,25,34-36H,1-12H2,(H,26,27)(H,28,29)(H,30,31)(H,32,33)/t13-,18+,19+,20-,21-/m1/s1. The van der Waals surface area contributed by atoms with Crippen molar-refractivity contribution in [2.75, 3.05) is 72.1 Å². The van der Waals surface area contributed by atoms with Crippen molar-refractivity contribution in [2.24, 2.45) is 0 Å². The second kappa shape index (κ2) is 17.2. The van der Waals surface area contributed by atoms with Crippen LogP contribution in [0.15, 0.2) is 0 Å². The van der Waals surface area contributed by atoms with Gasteiger partial charge in [-0.05, 0) is 13.0 Å². The van der Waals surface area contributed by atoms with Crippen molar-refractivity contribution >= 4 is 23.9 Å². The van der Waals surface area contributed by atoms with E-state index >= 15 is 0 Å². The minimum atomic E-state index is -1.63. The molecule has 0 saturated carbocycles. The summed E-state index contributed by atoms with van der Waals surface area (Å²) >= 11 is 0. The first-order valence-corrected chi connectivity index (χ1v) is 11.8. The minimum absolute atomic E-state index is 0.0343. The lowest BCUT2D eigenvalue weighted by Gasteiger charge is -2.39. The van der Waals surface area contributed by atoms with E-state index in [1.807, 2.05) is 0 Å². The fourth-order valence-corrected chi connectivity index (χ4v) is 3.83. The van der Waals surface area contributed by atoms with Crippen molar-refractivity contribution in [3.05, 3.63) is 0 Å². The Hall–Kier alpha value is -2.48. The third-order valence-corrected chi connectivity index (χ3v) is 5.65. The molecular weight excluding hydrogens is 518 g/mol. The number of carboxylic acid groups (broad SMARTS) is 4. The van der Waals surface area contributed by atoms with Crippen LogP contribution in [0.25, 0.3) is 0 Å². The highest BCUT2D eigenvalue weighted by atomic mass is 16.7. The van der Waals surface area contributed by atoms with Gasteiger partial charge in [-0.25, -0.2) is 0 Å². The van der Waals surface area contributed by atoms with Gasteiger partial charge in [-0.15, -0.1) is 0 Å². The molecule has 5 atom stereocenters. The van der Waals surface area contributed by atoms with E-state index in [9.17, 15) is 39.6 Å². The lowest BCUT2D eigenvalue weighted by Crippen LogP contribution is -2.59. The summed E-state index contributed by atoms with van der Waals surface area (Å²) in [6.07, 6.45) is -7.02. The van der Waals surface area contributed by atoms with Crippen LogP contribution in [0.5, 0.6) is 0 Å². The van der Waals surface area contributed by atoms with Crippen LogP contribution in [0.4, 0.5) is 0 Å². The first-order valence-electron chi connectivity index (χ1n) is 11.8. The largest absolute Gasteiger partial charge is 0.480 e. The Morgan fingerprint density at radius 3 is 1.55 bits per heavy atom. The molecule has 17 nitrogen and oxygen atoms in total. The predicted octanol–water partition coefficient (Wildman–Crippen LogP) is -4.56. The second-order valence-electron chi connectivity index (χ2n) is 8.76. The molecule has 1 aliphatic heterocycles. The molecule has 38 heavy (non-hydrogen) atoms. The van der Waals surface area contributed by atoms with Crippen molar-refractivity contribution in [3.8, 4) is 0 Å². The van der Waals surface area contributed by atoms with Crippen LogP contribution in [-0.4, -0.2) is 182 Å². The summed E-state index contributed by atoms with van der Waals surface area (Å²) in [5.74, 6) is -4.84. The van der Waals surface area contributed by atoms with Gasteiger partial charge < -0.3 is 50.3 Å². The Kier molecular flexibility index (Phi) is 15.2. The summed E-state index contributed by atoms with van der Waals surface area (Å²) in [7, 11) is 0. The Morgan fingerprint density at radius 1 is 0.632 bits per heavy atom. The number of nitrogens with zero attached hydrogens (tertiary/aromatic N) is 3. The Bertz CT molecular complexity index is 737. The Morgan fingerprint density at radius 2 is 1.08 bits per heavy atom. The Balaban J connectivity index is 2.79. The maximum atomic E-state index is 11.1. The highest BCUT2D eigenvalue weighted by Crippen LogP contribution is 2.21. The summed E-state index contributed by atoms with van der Waals surface area (Å²) in [4.78, 5) is 48.3. The highest BCUT2D eigenvalue weighted by molar-refractivity contribution is 5.73. The number of carbonyl (C=O) groups is 4. The molecule has 1 rings (SSSR count). The van der Waals surface area contributed by atoms with Crippen LogP contribution in [0, 0.1) is 0 Å². The van der Waals surface area contributed by atoms with Crippen LogP contribution < -0.4 is 0 Å². The maximum Gasteiger partial charge on any atom is 0.317 e. The van der Waals surface area contributed by atoms with E-state index in [0.29, 0.717) is 6.42 Å². The van der Waals surface area contributed by atoms with E-state index in [0.717, 1.165) is 0 Å². The van der Waals surface area contributed by atoms with E-state index in [1.165, 1.54) is 9.80 Å². The Labute approximate surface area is 218 Å². The molecule has 0 radical (unpaired) electrons. The number of carboxylic acids is 4. The zero-order valence-electron chi connectivity index (χ0n) is 20.7. The summed E-state index contributed by atoms with van der Waals surface area (Å²) in [6, 6.07) is 0. The molecule has 8 N–H and O–H groups in total. The topological polar surface area (TPSA) is 258 Å². The van der Waals surface area contributed by atoms with Crippen molar-refractivity contribution in [1.29, 1.82) is 0 Å². The van der Waals surface area contributed by atoms with Gasteiger partial charge in [0.2, 0.25) is 0 Å². The minimum Gasteiger partial charge on any atom is -0.480 e. The molecule has 0 amide bonds. The van der Waals surface area contributed by atoms with Crippen molar-refractivity contribution in [1.82, 2.24) is 14.7 Å². The maximum absolute atomic E-state index is 11.1. The van der Waals surface area contributed by atoms with Gasteiger partial charge in [0, 0.05) is 26.2 Å². The highest BCUT2D eigenvalue weighted by Gasteiger charge is 2.44. The van der Waals surface area contributed by atoms with Crippen LogP contribution in [0.3, 0.4) is 0 Å². The van der Waals surface area contributed by atoms with Crippen molar-refractivity contribution < 1.29 is 69.5 Å². The van der Waals surface area contributed by atoms with Gasteiger partial charge in [-0.3, -0.25) is 33.9 Å². The zero-order chi connectivity index (χ0) is 28.8. The number of hydrogen-bond acceptors (Lipinski definition) is 13. The van der Waals surface area contributed by atoms with E-state index < -0.39 is 87.4 Å². The predicted molar refractivity (Wildman–Crippen MR) is 124 cm³/mol. The number of hydrogen-bond donors (Lipinski definition) is 8. The van der Waals surface area contributed by atoms with E-state index in [2.05, 4.69) is 0 Å². The molecule has 0 aromatic rings. The summed E-state index contributed by atoms with van der Waals surface area (Å²) in [5, 5.41) is 75.2. The van der Waals surface area contributed by atoms with Gasteiger partial charge >= 0.3 is 23.9 Å². The quantitative estimate of drug-likeness (QED) is 0.0703. The SMILES string of the molecule is O=C(O)CN(CCCN(CCO[C@@H]1O[C@H](CO)[C@H](O)[C@H](O)[C@H]1O)CCN(CC(=O)O)CC(=O)O)CC(=O)O. The van der Waals surface area contributed by atoms with Crippen LogP contribution in [0.1, 0.15) is 6.42 Å². The number of aliphatic hydroxyl groups is 4. The molecule has 1 saturated heterocycles. The van der Waals surface area contributed by atoms with Gasteiger partial charge in [-0.2, -0.15) is 0 Å². The van der Waals surface area contributed by atoms with Gasteiger partial charge in [-0.1, -0.05) is 0 Å². The average Bonchev–Trinajstić information content (AvgIpc) is 2.80. The molecule has 0 aliphatic carbocycles. The fourth-order valence-electron chi connectivity index (χ4n) is 3.83. The fraction of sp³-hybridized carbons (Fsp3) is 0.810. The van der Waals surface area contributed by atoms with Crippen molar-refractivity contribution in [3.63, 3.8) is 0 Å². The molecule has 1 heterocycles. The van der Waals surface area contributed by atoms with E-state index in [1.54, 1.807) is 4.90 Å². The molecule has 0 bridgehead atoms. The van der Waals surface area contributed by atoms with Gasteiger partial charge in [0.15, 0.2) is 6.29 Å². The third-order valence-electron chi connectivity index (χ3n) is 5.65. The molecule has 220 valence electrons. The van der Waals surface area contributed by atoms with Crippen molar-refractivity contribution in [2.45, 2.75) is 37.1 Å². The second-order valence-corrected chi connectivity index (χ2v) is 8.76. The number of aliphatic carboxylic acids is 4. The third kappa shape index (κ3) is 12.9. The average molecular weight is 556 g/mol. The monoisotopic (exact) mass is 555 g/mol. The number of ether oxygens (including phenoxy) is 2. The summed E-state index contributed by atoms with van der Waals surface area (Å²) in [6.45, 7) is -2.05. The van der Waals surface area contributed by atoms with Crippen LogP contribution >= 0.6 is 0 Å². The molecule has 1 aliphatic rings. The summed E-state index contributed by atoms with van der Waals surface area (Å²) < 4.78 is 10.8. The van der Waals surface area contributed by atoms with E-state index in [4.69, 9.17) is 29.9 Å². The van der Waals surface area contributed by atoms with E-state index in [-0.39, 0.29) is 39.3 Å². The number of rotatable bonds is 20. The molecule has 0 spiro atoms. The van der Waals surface area contributed by atoms with Gasteiger partial charge in [0.05, 0.1) is 39.4 Å².